The Morgan fingerprint density at radius 3 is 2.83 bits per heavy atom. The Kier molecular flexibility index (Phi) is 4.96. The van der Waals surface area contributed by atoms with Crippen molar-refractivity contribution < 1.29 is 14.5 Å². The van der Waals surface area contributed by atoms with Crippen molar-refractivity contribution >= 4 is 22.6 Å². The highest BCUT2D eigenvalue weighted by Crippen LogP contribution is 2.33. The van der Waals surface area contributed by atoms with Gasteiger partial charge in [-0.05, 0) is 19.4 Å². The minimum absolute atomic E-state index is 0.00238. The summed E-state index contributed by atoms with van der Waals surface area (Å²) in [5.74, 6) is -0.289. The van der Waals surface area contributed by atoms with Crippen LogP contribution in [0.1, 0.15) is 24.1 Å². The molecule has 2 rings (SSSR count). The summed E-state index contributed by atoms with van der Waals surface area (Å²) >= 11 is 0. The van der Waals surface area contributed by atoms with Gasteiger partial charge in [-0.1, -0.05) is 6.07 Å². The van der Waals surface area contributed by atoms with Gasteiger partial charge in [0.05, 0.1) is 35.4 Å². The average Bonchev–Trinajstić information content (AvgIpc) is 2.80. The van der Waals surface area contributed by atoms with Crippen molar-refractivity contribution in [3.05, 3.63) is 39.6 Å². The van der Waals surface area contributed by atoms with E-state index in [9.17, 15) is 14.9 Å². The Bertz CT molecular complexity index is 802. The second kappa shape index (κ2) is 6.92. The van der Waals surface area contributed by atoms with Gasteiger partial charge in [-0.2, -0.15) is 5.26 Å². The number of ether oxygens (including phenoxy) is 1. The van der Waals surface area contributed by atoms with Gasteiger partial charge < -0.3 is 9.30 Å². The van der Waals surface area contributed by atoms with Gasteiger partial charge in [-0.15, -0.1) is 0 Å². The number of fused-ring (bicyclic) bond motifs is 1. The average molecular weight is 315 g/mol. The van der Waals surface area contributed by atoms with Crippen LogP contribution in [0, 0.1) is 28.4 Å². The van der Waals surface area contributed by atoms with Gasteiger partial charge >= 0.3 is 5.97 Å². The SMILES string of the molecule is COC(=O)CCCn1c(C)c(CC#N)c2c([N+](=O)[O-])cccc21. The number of nitrogens with zero attached hydrogens (tertiary/aromatic N) is 3. The number of aryl methyl sites for hydroxylation is 1. The van der Waals surface area contributed by atoms with E-state index in [4.69, 9.17) is 5.26 Å². The van der Waals surface area contributed by atoms with Crippen LogP contribution in [-0.4, -0.2) is 22.6 Å². The van der Waals surface area contributed by atoms with Gasteiger partial charge in [-0.3, -0.25) is 14.9 Å². The van der Waals surface area contributed by atoms with Gasteiger partial charge in [-0.25, -0.2) is 0 Å². The Hall–Kier alpha value is -2.88. The van der Waals surface area contributed by atoms with Gasteiger partial charge in [0.15, 0.2) is 0 Å². The van der Waals surface area contributed by atoms with Crippen LogP contribution >= 0.6 is 0 Å². The number of hydrogen-bond acceptors (Lipinski definition) is 5. The molecule has 1 aromatic heterocycles. The standard InChI is InChI=1S/C16H17N3O4/c1-11-12(8-9-17)16-13(5-3-6-14(16)19(21)22)18(11)10-4-7-15(20)23-2/h3,5-6H,4,7-8,10H2,1-2H3. The zero-order valence-electron chi connectivity index (χ0n) is 13.0. The van der Waals surface area contributed by atoms with E-state index < -0.39 is 4.92 Å². The first kappa shape index (κ1) is 16.5. The smallest absolute Gasteiger partial charge is 0.305 e. The van der Waals surface area contributed by atoms with Gasteiger partial charge in [0.25, 0.3) is 5.69 Å². The largest absolute Gasteiger partial charge is 0.469 e. The number of carbonyl (C=O) groups is 1. The zero-order chi connectivity index (χ0) is 17.0. The van der Waals surface area contributed by atoms with Crippen LogP contribution in [0.3, 0.4) is 0 Å². The molecule has 0 fully saturated rings. The fraction of sp³-hybridized carbons (Fsp3) is 0.375. The molecule has 0 amide bonds. The lowest BCUT2D eigenvalue weighted by Gasteiger charge is -2.08. The molecule has 0 radical (unpaired) electrons. The highest BCUT2D eigenvalue weighted by Gasteiger charge is 2.22. The third-order valence-corrected chi connectivity index (χ3v) is 3.90. The molecule has 0 saturated carbocycles. The zero-order valence-corrected chi connectivity index (χ0v) is 13.0. The third kappa shape index (κ3) is 3.16. The minimum atomic E-state index is -0.429. The van der Waals surface area contributed by atoms with E-state index >= 15 is 0 Å². The van der Waals surface area contributed by atoms with E-state index in [1.165, 1.54) is 13.2 Å². The molecule has 1 aromatic carbocycles. The van der Waals surface area contributed by atoms with Crippen LogP contribution in [0.25, 0.3) is 10.9 Å². The first-order valence-electron chi connectivity index (χ1n) is 7.20. The summed E-state index contributed by atoms with van der Waals surface area (Å²) < 4.78 is 6.55. The van der Waals surface area contributed by atoms with Crippen LogP contribution in [-0.2, 0) is 22.5 Å². The first-order chi connectivity index (χ1) is 11.0. The molecule has 0 bridgehead atoms. The Morgan fingerprint density at radius 2 is 2.22 bits per heavy atom. The summed E-state index contributed by atoms with van der Waals surface area (Å²) in [6.07, 6.45) is 0.946. The highest BCUT2D eigenvalue weighted by molar-refractivity contribution is 5.94. The normalized spacial score (nSPS) is 10.5. The number of nitriles is 1. The molecular weight excluding hydrogens is 298 g/mol. The van der Waals surface area contributed by atoms with Crippen molar-refractivity contribution in [2.75, 3.05) is 7.11 Å². The molecule has 7 nitrogen and oxygen atoms in total. The van der Waals surface area contributed by atoms with Crippen LogP contribution in [0.4, 0.5) is 5.69 Å². The molecule has 0 atom stereocenters. The summed E-state index contributed by atoms with van der Waals surface area (Å²) in [6, 6.07) is 6.95. The molecule has 120 valence electrons. The third-order valence-electron chi connectivity index (χ3n) is 3.90. The maximum Gasteiger partial charge on any atom is 0.305 e. The predicted octanol–water partition coefficient (Wildman–Crippen LogP) is 2.88. The van der Waals surface area contributed by atoms with E-state index in [2.05, 4.69) is 10.8 Å². The van der Waals surface area contributed by atoms with Crippen molar-refractivity contribution in [1.29, 1.82) is 5.26 Å². The van der Waals surface area contributed by atoms with Gasteiger partial charge in [0.2, 0.25) is 0 Å². The lowest BCUT2D eigenvalue weighted by atomic mass is 10.1. The maximum absolute atomic E-state index is 11.3. The molecule has 0 aliphatic heterocycles. The lowest BCUT2D eigenvalue weighted by Crippen LogP contribution is -2.05. The number of rotatable bonds is 6. The molecule has 7 heteroatoms. The number of aromatic nitrogens is 1. The number of non-ortho nitro benzene ring substituents is 1. The molecule has 2 aromatic rings. The van der Waals surface area contributed by atoms with Crippen molar-refractivity contribution in [3.63, 3.8) is 0 Å². The number of carbonyl (C=O) groups excluding carboxylic acids is 1. The van der Waals surface area contributed by atoms with Crippen molar-refractivity contribution in [1.82, 2.24) is 4.57 Å². The number of esters is 1. The predicted molar refractivity (Wildman–Crippen MR) is 83.9 cm³/mol. The van der Waals surface area contributed by atoms with Crippen LogP contribution in [0.2, 0.25) is 0 Å². The maximum atomic E-state index is 11.3. The number of benzene rings is 1. The number of methoxy groups -OCH3 is 1. The minimum Gasteiger partial charge on any atom is -0.469 e. The molecule has 0 aliphatic carbocycles. The summed E-state index contributed by atoms with van der Waals surface area (Å²) in [4.78, 5) is 22.1. The fourth-order valence-corrected chi connectivity index (χ4v) is 2.81. The van der Waals surface area contributed by atoms with Gasteiger partial charge in [0.1, 0.15) is 0 Å². The second-order valence-corrected chi connectivity index (χ2v) is 5.16. The highest BCUT2D eigenvalue weighted by atomic mass is 16.6. The molecule has 23 heavy (non-hydrogen) atoms. The van der Waals surface area contributed by atoms with E-state index in [0.717, 1.165) is 5.69 Å². The van der Waals surface area contributed by atoms with Crippen molar-refractivity contribution in [2.45, 2.75) is 32.7 Å². The van der Waals surface area contributed by atoms with Crippen LogP contribution < -0.4 is 0 Å². The summed E-state index contributed by atoms with van der Waals surface area (Å²) in [6.45, 7) is 2.37. The lowest BCUT2D eigenvalue weighted by molar-refractivity contribution is -0.383. The molecule has 0 aliphatic rings. The molecule has 0 spiro atoms. The van der Waals surface area contributed by atoms with Crippen molar-refractivity contribution in [2.24, 2.45) is 0 Å². The molecule has 1 heterocycles. The van der Waals surface area contributed by atoms with E-state index in [1.807, 2.05) is 11.5 Å². The number of nitro benzene ring substituents is 1. The van der Waals surface area contributed by atoms with Gasteiger partial charge in [0, 0.05) is 30.3 Å². The molecule has 0 saturated heterocycles. The topological polar surface area (TPSA) is 98.2 Å². The molecule has 0 unspecified atom stereocenters. The Morgan fingerprint density at radius 1 is 1.48 bits per heavy atom. The quantitative estimate of drug-likeness (QED) is 0.463. The van der Waals surface area contributed by atoms with E-state index in [1.54, 1.807) is 12.1 Å². The molecular formula is C16H17N3O4. The molecule has 0 N–H and O–H groups in total. The fourth-order valence-electron chi connectivity index (χ4n) is 2.81. The number of hydrogen-bond donors (Lipinski definition) is 0. The summed E-state index contributed by atoms with van der Waals surface area (Å²) in [5, 5.41) is 20.8. The van der Waals surface area contributed by atoms with Crippen LogP contribution in [0.5, 0.6) is 0 Å². The number of nitro groups is 1. The summed E-state index contributed by atoms with van der Waals surface area (Å²) in [5.41, 5.74) is 2.21. The summed E-state index contributed by atoms with van der Waals surface area (Å²) in [7, 11) is 1.34. The monoisotopic (exact) mass is 315 g/mol. The Balaban J connectivity index is 2.51. The van der Waals surface area contributed by atoms with E-state index in [0.29, 0.717) is 29.4 Å². The van der Waals surface area contributed by atoms with Crippen LogP contribution in [0.15, 0.2) is 18.2 Å². The van der Waals surface area contributed by atoms with Crippen molar-refractivity contribution in [3.8, 4) is 6.07 Å². The first-order valence-corrected chi connectivity index (χ1v) is 7.20. The van der Waals surface area contributed by atoms with E-state index in [-0.39, 0.29) is 24.5 Å². The Labute approximate surface area is 133 Å². The second-order valence-electron chi connectivity index (χ2n) is 5.16.